The Morgan fingerprint density at radius 1 is 1.39 bits per heavy atom. The molecule has 0 saturated carbocycles. The Kier molecular flexibility index (Phi) is 4.99. The standard InChI is InChI=1S/C14H22N4/c1-5-18(11(2)10-17(3)4)14-7-6-12(9-15)8-13(14)16/h6-8,11H,5,10,16H2,1-4H3. The van der Waals surface area contributed by atoms with Gasteiger partial charge in [0.15, 0.2) is 0 Å². The molecule has 1 rings (SSSR count). The third-order valence-corrected chi connectivity index (χ3v) is 2.97. The highest BCUT2D eigenvalue weighted by atomic mass is 15.2. The van der Waals surface area contributed by atoms with Crippen LogP contribution in [0.25, 0.3) is 0 Å². The molecular weight excluding hydrogens is 224 g/mol. The molecule has 0 aliphatic rings. The molecule has 0 aliphatic carbocycles. The van der Waals surface area contributed by atoms with Crippen molar-refractivity contribution in [1.29, 1.82) is 5.26 Å². The minimum atomic E-state index is 0.375. The lowest BCUT2D eigenvalue weighted by atomic mass is 10.1. The largest absolute Gasteiger partial charge is 0.397 e. The van der Waals surface area contributed by atoms with Crippen molar-refractivity contribution < 1.29 is 0 Å². The van der Waals surface area contributed by atoms with Crippen LogP contribution in [0.5, 0.6) is 0 Å². The fraction of sp³-hybridized carbons (Fsp3) is 0.500. The first kappa shape index (κ1) is 14.3. The summed E-state index contributed by atoms with van der Waals surface area (Å²) in [5, 5.41) is 8.85. The number of nitrogen functional groups attached to an aromatic ring is 1. The smallest absolute Gasteiger partial charge is 0.0992 e. The summed E-state index contributed by atoms with van der Waals surface area (Å²) < 4.78 is 0. The Balaban J connectivity index is 2.99. The van der Waals surface area contributed by atoms with Gasteiger partial charge in [0, 0.05) is 19.1 Å². The molecule has 0 aromatic heterocycles. The number of hydrogen-bond donors (Lipinski definition) is 1. The van der Waals surface area contributed by atoms with E-state index < -0.39 is 0 Å². The molecule has 0 aliphatic heterocycles. The monoisotopic (exact) mass is 246 g/mol. The first-order valence-corrected chi connectivity index (χ1v) is 6.20. The summed E-state index contributed by atoms with van der Waals surface area (Å²) in [5.41, 5.74) is 8.31. The number of nitriles is 1. The van der Waals surface area contributed by atoms with Crippen molar-refractivity contribution in [2.45, 2.75) is 19.9 Å². The molecule has 2 N–H and O–H groups in total. The summed E-state index contributed by atoms with van der Waals surface area (Å²) >= 11 is 0. The van der Waals surface area contributed by atoms with Crippen molar-refractivity contribution in [3.05, 3.63) is 23.8 Å². The van der Waals surface area contributed by atoms with Crippen molar-refractivity contribution in [2.24, 2.45) is 0 Å². The van der Waals surface area contributed by atoms with Crippen LogP contribution in [0.4, 0.5) is 11.4 Å². The average Bonchev–Trinajstić information content (AvgIpc) is 2.31. The molecule has 4 heteroatoms. The molecule has 0 spiro atoms. The minimum absolute atomic E-state index is 0.375. The highest BCUT2D eigenvalue weighted by molar-refractivity contribution is 5.70. The van der Waals surface area contributed by atoms with Crippen LogP contribution in [-0.4, -0.2) is 38.1 Å². The van der Waals surface area contributed by atoms with E-state index in [1.54, 1.807) is 6.07 Å². The molecule has 0 saturated heterocycles. The second kappa shape index (κ2) is 6.27. The van der Waals surface area contributed by atoms with Gasteiger partial charge in [-0.2, -0.15) is 5.26 Å². The van der Waals surface area contributed by atoms with E-state index >= 15 is 0 Å². The van der Waals surface area contributed by atoms with Gasteiger partial charge in [-0.15, -0.1) is 0 Å². The van der Waals surface area contributed by atoms with Crippen LogP contribution in [0.1, 0.15) is 19.4 Å². The molecule has 18 heavy (non-hydrogen) atoms. The zero-order chi connectivity index (χ0) is 13.7. The number of hydrogen-bond acceptors (Lipinski definition) is 4. The SMILES string of the molecule is CCN(c1ccc(C#N)cc1N)C(C)CN(C)C. The second-order valence-corrected chi connectivity index (χ2v) is 4.78. The fourth-order valence-electron chi connectivity index (χ4n) is 2.23. The van der Waals surface area contributed by atoms with Gasteiger partial charge in [0.05, 0.1) is 23.0 Å². The molecule has 1 unspecified atom stereocenters. The van der Waals surface area contributed by atoms with Gasteiger partial charge >= 0.3 is 0 Å². The van der Waals surface area contributed by atoms with Crippen molar-refractivity contribution in [3.63, 3.8) is 0 Å². The number of nitrogens with zero attached hydrogens (tertiary/aromatic N) is 3. The Hall–Kier alpha value is -1.73. The van der Waals surface area contributed by atoms with E-state index in [-0.39, 0.29) is 0 Å². The van der Waals surface area contributed by atoms with Gasteiger partial charge in [0.25, 0.3) is 0 Å². The van der Waals surface area contributed by atoms with E-state index in [1.807, 2.05) is 12.1 Å². The van der Waals surface area contributed by atoms with E-state index in [0.29, 0.717) is 17.3 Å². The summed E-state index contributed by atoms with van der Waals surface area (Å²) in [4.78, 5) is 4.42. The van der Waals surface area contributed by atoms with Gasteiger partial charge in [0.2, 0.25) is 0 Å². The first-order chi connectivity index (χ1) is 8.49. The third kappa shape index (κ3) is 3.38. The highest BCUT2D eigenvalue weighted by Gasteiger charge is 2.16. The number of rotatable bonds is 5. The van der Waals surface area contributed by atoms with E-state index in [1.165, 1.54) is 0 Å². The van der Waals surface area contributed by atoms with Crippen LogP contribution in [0.3, 0.4) is 0 Å². The normalized spacial score (nSPS) is 12.2. The topological polar surface area (TPSA) is 56.3 Å². The fourth-order valence-corrected chi connectivity index (χ4v) is 2.23. The Morgan fingerprint density at radius 3 is 2.50 bits per heavy atom. The van der Waals surface area contributed by atoms with E-state index in [2.05, 4.69) is 43.8 Å². The van der Waals surface area contributed by atoms with Crippen LogP contribution >= 0.6 is 0 Å². The number of nitrogens with two attached hydrogens (primary N) is 1. The molecule has 1 aromatic carbocycles. The van der Waals surface area contributed by atoms with Gasteiger partial charge < -0.3 is 15.5 Å². The zero-order valence-electron chi connectivity index (χ0n) is 11.6. The molecule has 4 nitrogen and oxygen atoms in total. The van der Waals surface area contributed by atoms with E-state index in [4.69, 9.17) is 11.0 Å². The molecule has 1 aromatic rings. The average molecular weight is 246 g/mol. The molecule has 0 radical (unpaired) electrons. The number of anilines is 2. The Bertz CT molecular complexity index is 434. The summed E-state index contributed by atoms with van der Waals surface area (Å²) in [6.07, 6.45) is 0. The molecule has 98 valence electrons. The maximum Gasteiger partial charge on any atom is 0.0992 e. The summed E-state index contributed by atoms with van der Waals surface area (Å²) in [6, 6.07) is 7.97. The maximum absolute atomic E-state index is 8.85. The van der Waals surface area contributed by atoms with Crippen LogP contribution in [0, 0.1) is 11.3 Å². The predicted octanol–water partition coefficient (Wildman–Crippen LogP) is 1.92. The lowest BCUT2D eigenvalue weighted by Crippen LogP contribution is -2.40. The van der Waals surface area contributed by atoms with Gasteiger partial charge in [-0.1, -0.05) is 0 Å². The summed E-state index contributed by atoms with van der Waals surface area (Å²) in [5.74, 6) is 0. The van der Waals surface area contributed by atoms with E-state index in [9.17, 15) is 0 Å². The lowest BCUT2D eigenvalue weighted by molar-refractivity contribution is 0.373. The molecule has 0 fully saturated rings. The Morgan fingerprint density at radius 2 is 2.06 bits per heavy atom. The number of benzene rings is 1. The predicted molar refractivity (Wildman–Crippen MR) is 76.6 cm³/mol. The second-order valence-electron chi connectivity index (χ2n) is 4.78. The van der Waals surface area contributed by atoms with Crippen molar-refractivity contribution in [1.82, 2.24) is 4.90 Å². The maximum atomic E-state index is 8.85. The van der Waals surface area contributed by atoms with Gasteiger partial charge in [0.1, 0.15) is 0 Å². The third-order valence-electron chi connectivity index (χ3n) is 2.97. The van der Waals surface area contributed by atoms with Crippen molar-refractivity contribution >= 4 is 11.4 Å². The van der Waals surface area contributed by atoms with Crippen LogP contribution in [0.2, 0.25) is 0 Å². The van der Waals surface area contributed by atoms with Crippen molar-refractivity contribution in [3.8, 4) is 6.07 Å². The van der Waals surface area contributed by atoms with Crippen LogP contribution < -0.4 is 10.6 Å². The first-order valence-electron chi connectivity index (χ1n) is 6.20. The zero-order valence-corrected chi connectivity index (χ0v) is 11.6. The van der Waals surface area contributed by atoms with Gasteiger partial charge in [-0.25, -0.2) is 0 Å². The minimum Gasteiger partial charge on any atom is -0.397 e. The molecular formula is C14H22N4. The Labute approximate surface area is 110 Å². The lowest BCUT2D eigenvalue weighted by Gasteiger charge is -2.33. The van der Waals surface area contributed by atoms with Crippen LogP contribution in [0.15, 0.2) is 18.2 Å². The highest BCUT2D eigenvalue weighted by Crippen LogP contribution is 2.26. The summed E-state index contributed by atoms with van der Waals surface area (Å²) in [7, 11) is 4.12. The summed E-state index contributed by atoms with van der Waals surface area (Å²) in [6.45, 7) is 6.16. The van der Waals surface area contributed by atoms with Gasteiger partial charge in [-0.05, 0) is 46.1 Å². The van der Waals surface area contributed by atoms with Crippen LogP contribution in [-0.2, 0) is 0 Å². The molecule has 0 bridgehead atoms. The molecule has 1 atom stereocenters. The number of likely N-dealkylation sites (N-methyl/N-ethyl adjacent to an activating group) is 2. The van der Waals surface area contributed by atoms with E-state index in [0.717, 1.165) is 18.8 Å². The molecule has 0 amide bonds. The molecule has 0 heterocycles. The quantitative estimate of drug-likeness (QED) is 0.806. The van der Waals surface area contributed by atoms with Gasteiger partial charge in [-0.3, -0.25) is 0 Å². The van der Waals surface area contributed by atoms with Crippen molar-refractivity contribution in [2.75, 3.05) is 37.8 Å².